The minimum atomic E-state index is 0.331. The Bertz CT molecular complexity index is 1210. The number of nitrogens with zero attached hydrogens (tertiary/aromatic N) is 1. The standard InChI is InChI=1S/C32H39NO4/c1-21-7-9-23(10-8-21)20-37-32-27-18-33-14-13-25-16-31(36-19-22-5-4-6-22)30(35-3)17-26(25)28(33)15-24(27)11-12-29(32)34-2/h7,9-12,16-17,21-22,28H,4-6,8,13-15,18-20H2,1-3H3. The highest BCUT2D eigenvalue weighted by Crippen LogP contribution is 2.46. The van der Waals surface area contributed by atoms with Crippen LogP contribution in [-0.4, -0.2) is 38.9 Å². The molecule has 0 amide bonds. The molecule has 0 aromatic heterocycles. The zero-order valence-corrected chi connectivity index (χ0v) is 22.4. The summed E-state index contributed by atoms with van der Waals surface area (Å²) in [5.74, 6) is 4.78. The Morgan fingerprint density at radius 1 is 0.973 bits per heavy atom. The lowest BCUT2D eigenvalue weighted by Gasteiger charge is -2.42. The molecule has 2 aliphatic carbocycles. The van der Waals surface area contributed by atoms with Crippen LogP contribution in [0.5, 0.6) is 23.0 Å². The smallest absolute Gasteiger partial charge is 0.166 e. The Hall–Kier alpha value is -2.92. The molecule has 196 valence electrons. The molecule has 5 nitrogen and oxygen atoms in total. The average molecular weight is 502 g/mol. The van der Waals surface area contributed by atoms with Crippen molar-refractivity contribution < 1.29 is 18.9 Å². The van der Waals surface area contributed by atoms with Crippen molar-refractivity contribution in [3.05, 3.63) is 70.3 Å². The van der Waals surface area contributed by atoms with Crippen LogP contribution in [0.2, 0.25) is 0 Å². The first-order valence-electron chi connectivity index (χ1n) is 13.9. The molecule has 2 aromatic rings. The maximum atomic E-state index is 6.46. The van der Waals surface area contributed by atoms with Gasteiger partial charge in [0.15, 0.2) is 23.0 Å². The molecular weight excluding hydrogens is 462 g/mol. The average Bonchev–Trinajstić information content (AvgIpc) is 2.90. The molecule has 1 saturated carbocycles. The number of fused-ring (bicyclic) bond motifs is 4. The molecule has 2 heterocycles. The number of ether oxygens (including phenoxy) is 4. The van der Waals surface area contributed by atoms with Gasteiger partial charge in [-0.15, -0.1) is 0 Å². The summed E-state index contributed by atoms with van der Waals surface area (Å²) >= 11 is 0. The van der Waals surface area contributed by atoms with Gasteiger partial charge in [0.25, 0.3) is 0 Å². The van der Waals surface area contributed by atoms with Crippen molar-refractivity contribution in [3.63, 3.8) is 0 Å². The normalized spacial score (nSPS) is 22.7. The summed E-state index contributed by atoms with van der Waals surface area (Å²) in [5, 5.41) is 0. The molecule has 0 saturated heterocycles. The summed E-state index contributed by atoms with van der Waals surface area (Å²) in [6.07, 6.45) is 13.7. The van der Waals surface area contributed by atoms with E-state index in [1.54, 1.807) is 14.2 Å². The Morgan fingerprint density at radius 2 is 1.84 bits per heavy atom. The molecule has 2 atom stereocenters. The molecular formula is C32H39NO4. The Kier molecular flexibility index (Phi) is 6.90. The van der Waals surface area contributed by atoms with E-state index in [0.717, 1.165) is 62.0 Å². The van der Waals surface area contributed by atoms with E-state index in [2.05, 4.69) is 54.3 Å². The van der Waals surface area contributed by atoms with E-state index in [1.807, 2.05) is 0 Å². The van der Waals surface area contributed by atoms with Gasteiger partial charge in [0.2, 0.25) is 0 Å². The second-order valence-corrected chi connectivity index (χ2v) is 11.1. The number of hydrogen-bond acceptors (Lipinski definition) is 5. The highest BCUT2D eigenvalue weighted by Gasteiger charge is 2.35. The van der Waals surface area contributed by atoms with E-state index in [0.29, 0.717) is 24.5 Å². The SMILES string of the molecule is COc1cc2c(cc1OCC1CCC1)CCN1Cc3c(ccc(OC)c3OCC3=CCC(C)C=C3)CC21. The number of benzene rings is 2. The maximum absolute atomic E-state index is 6.46. The van der Waals surface area contributed by atoms with Crippen LogP contribution in [0.3, 0.4) is 0 Å². The maximum Gasteiger partial charge on any atom is 0.166 e. The fourth-order valence-corrected chi connectivity index (χ4v) is 6.11. The topological polar surface area (TPSA) is 40.2 Å². The van der Waals surface area contributed by atoms with Gasteiger partial charge in [-0.1, -0.05) is 37.6 Å². The molecule has 2 aromatic carbocycles. The van der Waals surface area contributed by atoms with Gasteiger partial charge >= 0.3 is 0 Å². The van der Waals surface area contributed by atoms with Gasteiger partial charge in [0, 0.05) is 24.7 Å². The first kappa shape index (κ1) is 24.4. The number of methoxy groups -OCH3 is 2. The predicted molar refractivity (Wildman–Crippen MR) is 146 cm³/mol. The van der Waals surface area contributed by atoms with E-state index < -0.39 is 0 Å². The minimum absolute atomic E-state index is 0.331. The third kappa shape index (κ3) is 4.86. The quantitative estimate of drug-likeness (QED) is 0.416. The second-order valence-electron chi connectivity index (χ2n) is 11.1. The van der Waals surface area contributed by atoms with Crippen LogP contribution in [-0.2, 0) is 19.4 Å². The van der Waals surface area contributed by atoms with Gasteiger partial charge in [0.05, 0.1) is 20.8 Å². The predicted octanol–water partition coefficient (Wildman–Crippen LogP) is 6.44. The second kappa shape index (κ2) is 10.4. The van der Waals surface area contributed by atoms with Gasteiger partial charge in [-0.3, -0.25) is 4.90 Å². The van der Waals surface area contributed by atoms with Gasteiger partial charge in [-0.25, -0.2) is 0 Å². The lowest BCUT2D eigenvalue weighted by Crippen LogP contribution is -2.39. The summed E-state index contributed by atoms with van der Waals surface area (Å²) in [5.41, 5.74) is 6.61. The summed E-state index contributed by atoms with van der Waals surface area (Å²) in [6, 6.07) is 9.10. The molecule has 0 N–H and O–H groups in total. The summed E-state index contributed by atoms with van der Waals surface area (Å²) in [6.45, 7) is 5.50. The van der Waals surface area contributed by atoms with E-state index >= 15 is 0 Å². The number of rotatable bonds is 8. The van der Waals surface area contributed by atoms with Crippen LogP contribution in [0.1, 0.15) is 60.9 Å². The van der Waals surface area contributed by atoms with E-state index in [9.17, 15) is 0 Å². The molecule has 0 radical (unpaired) electrons. The van der Waals surface area contributed by atoms with Crippen molar-refractivity contribution in [2.24, 2.45) is 11.8 Å². The van der Waals surface area contributed by atoms with Gasteiger partial charge in [-0.05, 0) is 84.4 Å². The van der Waals surface area contributed by atoms with Crippen molar-refractivity contribution in [1.29, 1.82) is 0 Å². The Morgan fingerprint density at radius 3 is 2.57 bits per heavy atom. The Labute approximate surface area is 221 Å². The fourth-order valence-electron chi connectivity index (χ4n) is 6.11. The largest absolute Gasteiger partial charge is 0.493 e. The van der Waals surface area contributed by atoms with Gasteiger partial charge in [0.1, 0.15) is 6.61 Å². The van der Waals surface area contributed by atoms with Crippen molar-refractivity contribution in [2.45, 2.75) is 58.0 Å². The molecule has 1 fully saturated rings. The lowest BCUT2D eigenvalue weighted by molar-refractivity contribution is 0.154. The molecule has 0 bridgehead atoms. The van der Waals surface area contributed by atoms with Crippen LogP contribution < -0.4 is 18.9 Å². The van der Waals surface area contributed by atoms with Crippen LogP contribution >= 0.6 is 0 Å². The van der Waals surface area contributed by atoms with Crippen molar-refractivity contribution in [2.75, 3.05) is 34.0 Å². The molecule has 6 rings (SSSR count). The zero-order valence-electron chi connectivity index (χ0n) is 22.4. The lowest BCUT2D eigenvalue weighted by atomic mass is 9.83. The molecule has 2 unspecified atom stereocenters. The third-order valence-electron chi connectivity index (χ3n) is 8.68. The number of hydrogen-bond donors (Lipinski definition) is 0. The monoisotopic (exact) mass is 501 g/mol. The van der Waals surface area contributed by atoms with Crippen LogP contribution in [0.15, 0.2) is 48.1 Å². The molecule has 37 heavy (non-hydrogen) atoms. The van der Waals surface area contributed by atoms with Crippen LogP contribution in [0, 0.1) is 11.8 Å². The molecule has 5 heteroatoms. The number of allylic oxidation sites excluding steroid dienone is 2. The van der Waals surface area contributed by atoms with Gasteiger partial charge in [-0.2, -0.15) is 0 Å². The van der Waals surface area contributed by atoms with Crippen molar-refractivity contribution in [3.8, 4) is 23.0 Å². The summed E-state index contributed by atoms with van der Waals surface area (Å²) < 4.78 is 24.2. The molecule has 2 aliphatic heterocycles. The van der Waals surface area contributed by atoms with E-state index in [1.165, 1.54) is 47.1 Å². The highest BCUT2D eigenvalue weighted by molar-refractivity contribution is 5.55. The first-order chi connectivity index (χ1) is 18.1. The molecule has 4 aliphatic rings. The minimum Gasteiger partial charge on any atom is -0.493 e. The van der Waals surface area contributed by atoms with Crippen molar-refractivity contribution in [1.82, 2.24) is 4.90 Å². The highest BCUT2D eigenvalue weighted by atomic mass is 16.5. The zero-order chi connectivity index (χ0) is 25.4. The fraction of sp³-hybridized carbons (Fsp3) is 0.500. The first-order valence-corrected chi connectivity index (χ1v) is 13.9. The van der Waals surface area contributed by atoms with E-state index in [4.69, 9.17) is 18.9 Å². The summed E-state index contributed by atoms with van der Waals surface area (Å²) in [7, 11) is 3.48. The van der Waals surface area contributed by atoms with Crippen LogP contribution in [0.4, 0.5) is 0 Å². The summed E-state index contributed by atoms with van der Waals surface area (Å²) in [4.78, 5) is 2.59. The van der Waals surface area contributed by atoms with Gasteiger partial charge < -0.3 is 18.9 Å². The molecule has 0 spiro atoms. The third-order valence-corrected chi connectivity index (χ3v) is 8.68. The van der Waals surface area contributed by atoms with Crippen molar-refractivity contribution >= 4 is 0 Å². The van der Waals surface area contributed by atoms with E-state index in [-0.39, 0.29) is 0 Å². The van der Waals surface area contributed by atoms with Crippen LogP contribution in [0.25, 0.3) is 0 Å². The Balaban J connectivity index is 1.25.